The van der Waals surface area contributed by atoms with Gasteiger partial charge in [-0.05, 0) is 42.1 Å². The van der Waals surface area contributed by atoms with Gasteiger partial charge in [0.2, 0.25) is 11.8 Å². The summed E-state index contributed by atoms with van der Waals surface area (Å²) in [5.41, 5.74) is 1.35. The normalized spacial score (nSPS) is 16.6. The summed E-state index contributed by atoms with van der Waals surface area (Å²) in [6, 6.07) is 18.7. The molecule has 1 atom stereocenters. The number of aliphatic imine (C=N–C) groups is 1. The van der Waals surface area contributed by atoms with Crippen molar-refractivity contribution in [1.82, 2.24) is 4.90 Å². The van der Waals surface area contributed by atoms with Gasteiger partial charge in [-0.1, -0.05) is 36.0 Å². The van der Waals surface area contributed by atoms with Crippen LogP contribution >= 0.6 is 23.1 Å². The number of carbonyl (C=O) groups excluding carboxylic acids is 2. The van der Waals surface area contributed by atoms with Gasteiger partial charge in [0.15, 0.2) is 16.7 Å². The summed E-state index contributed by atoms with van der Waals surface area (Å²) in [6.45, 7) is 0.520. The van der Waals surface area contributed by atoms with Crippen molar-refractivity contribution in [2.75, 3.05) is 26.1 Å². The maximum absolute atomic E-state index is 13.2. The molecule has 4 rings (SSSR count). The third kappa shape index (κ3) is 5.78. The Morgan fingerprint density at radius 1 is 1.06 bits per heavy atom. The van der Waals surface area contributed by atoms with Crippen molar-refractivity contribution in [2.45, 2.75) is 18.1 Å². The number of anilines is 1. The Morgan fingerprint density at radius 3 is 2.56 bits per heavy atom. The third-order valence-electron chi connectivity index (χ3n) is 5.20. The van der Waals surface area contributed by atoms with E-state index in [1.54, 1.807) is 41.5 Å². The van der Waals surface area contributed by atoms with Gasteiger partial charge in [0, 0.05) is 29.6 Å². The van der Waals surface area contributed by atoms with Crippen molar-refractivity contribution < 1.29 is 19.1 Å². The van der Waals surface area contributed by atoms with E-state index in [1.807, 2.05) is 41.8 Å². The van der Waals surface area contributed by atoms with Crippen LogP contribution in [-0.2, 0) is 16.0 Å². The number of methoxy groups -OCH3 is 2. The molecule has 1 N–H and O–H groups in total. The van der Waals surface area contributed by atoms with Crippen LogP contribution in [0.25, 0.3) is 0 Å². The predicted molar refractivity (Wildman–Crippen MR) is 137 cm³/mol. The van der Waals surface area contributed by atoms with E-state index in [1.165, 1.54) is 23.7 Å². The largest absolute Gasteiger partial charge is 0.493 e. The molecule has 2 aromatic carbocycles. The number of hydrogen-bond acceptors (Lipinski definition) is 7. The predicted octanol–water partition coefficient (Wildman–Crippen LogP) is 4.97. The Balaban J connectivity index is 1.47. The van der Waals surface area contributed by atoms with Crippen LogP contribution < -0.4 is 14.8 Å². The van der Waals surface area contributed by atoms with Crippen LogP contribution in [0.15, 0.2) is 71.0 Å². The Hall–Kier alpha value is -3.30. The molecule has 34 heavy (non-hydrogen) atoms. The molecule has 0 saturated carbocycles. The minimum absolute atomic E-state index is 0.0428. The number of ether oxygens (including phenoxy) is 2. The highest BCUT2D eigenvalue weighted by molar-refractivity contribution is 8.15. The molecule has 1 aromatic heterocycles. The van der Waals surface area contributed by atoms with Crippen LogP contribution in [0, 0.1) is 0 Å². The Bertz CT molecular complexity index is 1170. The van der Waals surface area contributed by atoms with Gasteiger partial charge in [-0.2, -0.15) is 0 Å². The fraction of sp³-hybridized carbons (Fsp3) is 0.240. The van der Waals surface area contributed by atoms with E-state index >= 15 is 0 Å². The van der Waals surface area contributed by atoms with E-state index in [4.69, 9.17) is 14.5 Å². The van der Waals surface area contributed by atoms with E-state index in [9.17, 15) is 9.59 Å². The minimum Gasteiger partial charge on any atom is -0.493 e. The molecule has 9 heteroatoms. The molecular formula is C25H25N3O4S2. The van der Waals surface area contributed by atoms with Crippen molar-refractivity contribution in [1.29, 1.82) is 0 Å². The average molecular weight is 496 g/mol. The topological polar surface area (TPSA) is 80.2 Å². The first-order chi connectivity index (χ1) is 16.6. The maximum Gasteiger partial charge on any atom is 0.242 e. The Labute approximate surface area is 206 Å². The van der Waals surface area contributed by atoms with Gasteiger partial charge in [0.25, 0.3) is 0 Å². The number of thioether (sulfide) groups is 1. The van der Waals surface area contributed by atoms with Gasteiger partial charge in [0.05, 0.1) is 19.9 Å². The van der Waals surface area contributed by atoms with Crippen LogP contribution in [0.5, 0.6) is 11.5 Å². The highest BCUT2D eigenvalue weighted by Gasteiger charge is 2.39. The number of carbonyl (C=O) groups is 2. The molecule has 176 valence electrons. The van der Waals surface area contributed by atoms with Crippen LogP contribution in [-0.4, -0.2) is 47.9 Å². The molecule has 2 amide bonds. The van der Waals surface area contributed by atoms with Gasteiger partial charge >= 0.3 is 0 Å². The molecule has 1 aliphatic rings. The summed E-state index contributed by atoms with van der Waals surface area (Å²) >= 11 is 3.00. The molecule has 0 aliphatic carbocycles. The zero-order chi connectivity index (χ0) is 23.9. The number of amidine groups is 1. The monoisotopic (exact) mass is 495 g/mol. The van der Waals surface area contributed by atoms with Crippen LogP contribution in [0.1, 0.15) is 11.3 Å². The van der Waals surface area contributed by atoms with Crippen LogP contribution in [0.4, 0.5) is 11.4 Å². The van der Waals surface area contributed by atoms with Gasteiger partial charge in [-0.3, -0.25) is 14.5 Å². The lowest BCUT2D eigenvalue weighted by atomic mass is 10.2. The molecule has 2 heterocycles. The van der Waals surface area contributed by atoms with Crippen molar-refractivity contribution in [3.63, 3.8) is 0 Å². The lowest BCUT2D eigenvalue weighted by Gasteiger charge is -2.16. The molecular weight excluding hydrogens is 470 g/mol. The molecule has 1 unspecified atom stereocenters. The highest BCUT2D eigenvalue weighted by Crippen LogP contribution is 2.33. The maximum atomic E-state index is 13.2. The third-order valence-corrected chi connectivity index (χ3v) is 7.31. The average Bonchev–Trinajstić information content (AvgIpc) is 3.46. The van der Waals surface area contributed by atoms with Gasteiger partial charge in [-0.25, -0.2) is 4.99 Å². The number of benzene rings is 2. The smallest absolute Gasteiger partial charge is 0.242 e. The molecule has 7 nitrogen and oxygen atoms in total. The van der Waals surface area contributed by atoms with Gasteiger partial charge < -0.3 is 14.8 Å². The van der Waals surface area contributed by atoms with E-state index in [2.05, 4.69) is 11.4 Å². The number of para-hydroxylation sites is 1. The number of rotatable bonds is 9. The van der Waals surface area contributed by atoms with Crippen molar-refractivity contribution in [2.24, 2.45) is 4.99 Å². The lowest BCUT2D eigenvalue weighted by Crippen LogP contribution is -2.35. The first-order valence-electron chi connectivity index (χ1n) is 10.7. The number of thiophene rings is 1. The molecule has 1 saturated heterocycles. The lowest BCUT2D eigenvalue weighted by molar-refractivity contribution is -0.128. The van der Waals surface area contributed by atoms with Crippen LogP contribution in [0.3, 0.4) is 0 Å². The summed E-state index contributed by atoms with van der Waals surface area (Å²) in [5, 5.41) is 4.96. The first-order valence-corrected chi connectivity index (χ1v) is 12.5. The second-order valence-corrected chi connectivity index (χ2v) is 9.68. The SMILES string of the molecule is COc1ccc(NC(=O)CC2SC(=Nc3ccccc3)N(CCc3cccs3)C2=O)cc1OC. The Kier molecular flexibility index (Phi) is 7.87. The second kappa shape index (κ2) is 11.2. The van der Waals surface area contributed by atoms with E-state index in [0.717, 1.165) is 12.1 Å². The summed E-state index contributed by atoms with van der Waals surface area (Å²) in [7, 11) is 3.09. The van der Waals surface area contributed by atoms with Gasteiger partial charge in [-0.15, -0.1) is 11.3 Å². The zero-order valence-electron chi connectivity index (χ0n) is 18.9. The van der Waals surface area contributed by atoms with Gasteiger partial charge in [0.1, 0.15) is 5.25 Å². The van der Waals surface area contributed by atoms with Crippen LogP contribution in [0.2, 0.25) is 0 Å². The second-order valence-electron chi connectivity index (χ2n) is 7.48. The van der Waals surface area contributed by atoms with Crippen molar-refractivity contribution in [3.05, 3.63) is 70.9 Å². The number of amides is 2. The van der Waals surface area contributed by atoms with E-state index in [-0.39, 0.29) is 18.2 Å². The minimum atomic E-state index is -0.536. The standard InChI is InChI=1S/C25H25N3O4S2/c1-31-20-11-10-18(15-21(20)32-2)26-23(29)16-22-24(30)28(13-12-19-9-6-14-33-19)25(34-22)27-17-7-4-3-5-8-17/h3-11,14-15,22H,12-13,16H2,1-2H3,(H,26,29). The summed E-state index contributed by atoms with van der Waals surface area (Å²) in [6.07, 6.45) is 0.781. The molecule has 0 radical (unpaired) electrons. The molecule has 1 fully saturated rings. The molecule has 3 aromatic rings. The fourth-order valence-corrected chi connectivity index (χ4v) is 5.40. The molecule has 0 bridgehead atoms. The Morgan fingerprint density at radius 2 is 1.85 bits per heavy atom. The summed E-state index contributed by atoms with van der Waals surface area (Å²) < 4.78 is 10.5. The number of nitrogens with zero attached hydrogens (tertiary/aromatic N) is 2. The number of nitrogens with one attached hydrogen (secondary N) is 1. The molecule has 1 aliphatic heterocycles. The first kappa shape index (κ1) is 23.8. The van der Waals surface area contributed by atoms with Crippen molar-refractivity contribution >= 4 is 51.5 Å². The fourth-order valence-electron chi connectivity index (χ4n) is 3.52. The molecule has 0 spiro atoms. The quantitative estimate of drug-likeness (QED) is 0.453. The van der Waals surface area contributed by atoms with Crippen molar-refractivity contribution in [3.8, 4) is 11.5 Å². The summed E-state index contributed by atoms with van der Waals surface area (Å²) in [4.78, 5) is 33.6. The zero-order valence-corrected chi connectivity index (χ0v) is 20.5. The highest BCUT2D eigenvalue weighted by atomic mass is 32.2. The number of hydrogen-bond donors (Lipinski definition) is 1. The summed E-state index contributed by atoms with van der Waals surface area (Å²) in [5.74, 6) is 0.741. The van der Waals surface area contributed by atoms with E-state index < -0.39 is 5.25 Å². The van der Waals surface area contributed by atoms with E-state index in [0.29, 0.717) is 28.9 Å².